The maximum absolute atomic E-state index is 6.11. The van der Waals surface area contributed by atoms with Crippen molar-refractivity contribution in [3.05, 3.63) is 57.6 Å². The average molecular weight is 420 g/mol. The van der Waals surface area contributed by atoms with Crippen LogP contribution in [0, 0.1) is 6.92 Å². The highest BCUT2D eigenvalue weighted by Crippen LogP contribution is 2.37. The van der Waals surface area contributed by atoms with Crippen LogP contribution in [-0.4, -0.2) is 13.2 Å². The molecule has 3 nitrogen and oxygen atoms in total. The molecule has 0 aliphatic heterocycles. The molecule has 0 bridgehead atoms. The lowest BCUT2D eigenvalue weighted by Gasteiger charge is -2.16. The van der Waals surface area contributed by atoms with E-state index in [1.807, 2.05) is 19.1 Å². The summed E-state index contributed by atoms with van der Waals surface area (Å²) in [5, 5.41) is 3.50. The van der Waals surface area contributed by atoms with Gasteiger partial charge in [-0.15, -0.1) is 0 Å². The molecule has 0 unspecified atom stereocenters. The SMILES string of the molecule is CCCCCNCc1cc(Br)c(OCc2ccccc2C)c(OCC)c1. The second-order valence-corrected chi connectivity index (χ2v) is 7.29. The molecule has 0 atom stereocenters. The molecule has 0 saturated heterocycles. The fraction of sp³-hybridized carbons (Fsp3) is 0.455. The summed E-state index contributed by atoms with van der Waals surface area (Å²) in [7, 11) is 0. The van der Waals surface area contributed by atoms with E-state index in [0.717, 1.165) is 29.1 Å². The molecule has 0 aromatic heterocycles. The maximum atomic E-state index is 6.11. The Balaban J connectivity index is 2.06. The zero-order valence-corrected chi connectivity index (χ0v) is 17.7. The first kappa shape index (κ1) is 20.8. The van der Waals surface area contributed by atoms with Crippen LogP contribution in [-0.2, 0) is 13.2 Å². The molecule has 142 valence electrons. The molecule has 0 heterocycles. The van der Waals surface area contributed by atoms with Crippen LogP contribution in [0.25, 0.3) is 0 Å². The minimum Gasteiger partial charge on any atom is -0.490 e. The fourth-order valence-corrected chi connectivity index (χ4v) is 3.39. The van der Waals surface area contributed by atoms with E-state index in [4.69, 9.17) is 9.47 Å². The van der Waals surface area contributed by atoms with Crippen LogP contribution < -0.4 is 14.8 Å². The molecule has 2 aromatic rings. The van der Waals surface area contributed by atoms with Crippen molar-refractivity contribution in [2.24, 2.45) is 0 Å². The van der Waals surface area contributed by atoms with E-state index in [9.17, 15) is 0 Å². The Labute approximate surface area is 166 Å². The molecular formula is C22H30BrNO2. The lowest BCUT2D eigenvalue weighted by molar-refractivity contribution is 0.267. The number of nitrogens with one attached hydrogen (secondary N) is 1. The Morgan fingerprint density at radius 1 is 1.04 bits per heavy atom. The van der Waals surface area contributed by atoms with Crippen LogP contribution >= 0.6 is 15.9 Å². The Kier molecular flexibility index (Phi) is 8.99. The lowest BCUT2D eigenvalue weighted by atomic mass is 10.1. The molecule has 2 rings (SSSR count). The number of hydrogen-bond donors (Lipinski definition) is 1. The molecule has 0 spiro atoms. The van der Waals surface area contributed by atoms with Gasteiger partial charge in [0.15, 0.2) is 11.5 Å². The fourth-order valence-electron chi connectivity index (χ4n) is 2.78. The second-order valence-electron chi connectivity index (χ2n) is 6.44. The van der Waals surface area contributed by atoms with E-state index in [0.29, 0.717) is 13.2 Å². The summed E-state index contributed by atoms with van der Waals surface area (Å²) in [5.74, 6) is 1.56. The van der Waals surface area contributed by atoms with Gasteiger partial charge in [-0.3, -0.25) is 0 Å². The van der Waals surface area contributed by atoms with Crippen LogP contribution in [0.3, 0.4) is 0 Å². The largest absolute Gasteiger partial charge is 0.490 e. The van der Waals surface area contributed by atoms with Gasteiger partial charge in [0, 0.05) is 6.54 Å². The normalized spacial score (nSPS) is 10.8. The zero-order chi connectivity index (χ0) is 18.8. The second kappa shape index (κ2) is 11.2. The van der Waals surface area contributed by atoms with Crippen LogP contribution in [0.15, 0.2) is 40.9 Å². The van der Waals surface area contributed by atoms with Gasteiger partial charge in [-0.05, 0) is 71.6 Å². The first-order chi connectivity index (χ1) is 12.7. The highest BCUT2D eigenvalue weighted by atomic mass is 79.9. The molecule has 0 amide bonds. The molecule has 0 fully saturated rings. The van der Waals surface area contributed by atoms with E-state index >= 15 is 0 Å². The van der Waals surface area contributed by atoms with E-state index in [2.05, 4.69) is 59.4 Å². The van der Waals surface area contributed by atoms with Gasteiger partial charge in [-0.1, -0.05) is 44.0 Å². The minimum atomic E-state index is 0.528. The summed E-state index contributed by atoms with van der Waals surface area (Å²) in [6.07, 6.45) is 3.73. The summed E-state index contributed by atoms with van der Waals surface area (Å²) in [4.78, 5) is 0. The third-order valence-electron chi connectivity index (χ3n) is 4.29. The van der Waals surface area contributed by atoms with Crippen molar-refractivity contribution < 1.29 is 9.47 Å². The van der Waals surface area contributed by atoms with Gasteiger partial charge in [-0.25, -0.2) is 0 Å². The van der Waals surface area contributed by atoms with Crippen LogP contribution in [0.5, 0.6) is 11.5 Å². The van der Waals surface area contributed by atoms with Crippen LogP contribution in [0.1, 0.15) is 49.8 Å². The van der Waals surface area contributed by atoms with E-state index in [-0.39, 0.29) is 0 Å². The van der Waals surface area contributed by atoms with Crippen molar-refractivity contribution in [3.8, 4) is 11.5 Å². The molecule has 1 N–H and O–H groups in total. The molecule has 2 aromatic carbocycles. The predicted molar refractivity (Wildman–Crippen MR) is 112 cm³/mol. The molecule has 0 aliphatic rings. The van der Waals surface area contributed by atoms with Crippen molar-refractivity contribution in [1.29, 1.82) is 0 Å². The number of aryl methyl sites for hydroxylation is 1. The summed E-state index contributed by atoms with van der Waals surface area (Å²) >= 11 is 3.66. The minimum absolute atomic E-state index is 0.528. The van der Waals surface area contributed by atoms with E-state index < -0.39 is 0 Å². The van der Waals surface area contributed by atoms with E-state index in [1.165, 1.54) is 36.0 Å². The monoisotopic (exact) mass is 419 g/mol. The molecule has 0 saturated carbocycles. The van der Waals surface area contributed by atoms with Crippen LogP contribution in [0.2, 0.25) is 0 Å². The zero-order valence-electron chi connectivity index (χ0n) is 16.1. The Morgan fingerprint density at radius 3 is 2.58 bits per heavy atom. The average Bonchev–Trinajstić information content (AvgIpc) is 2.62. The van der Waals surface area contributed by atoms with Gasteiger partial charge in [0.05, 0.1) is 11.1 Å². The predicted octanol–water partition coefficient (Wildman–Crippen LogP) is 6.02. The number of hydrogen-bond acceptors (Lipinski definition) is 3. The third-order valence-corrected chi connectivity index (χ3v) is 4.88. The van der Waals surface area contributed by atoms with Crippen molar-refractivity contribution in [2.75, 3.05) is 13.2 Å². The topological polar surface area (TPSA) is 30.5 Å². The van der Waals surface area contributed by atoms with Crippen LogP contribution in [0.4, 0.5) is 0 Å². The highest BCUT2D eigenvalue weighted by molar-refractivity contribution is 9.10. The van der Waals surface area contributed by atoms with E-state index in [1.54, 1.807) is 0 Å². The first-order valence-electron chi connectivity index (χ1n) is 9.49. The van der Waals surface area contributed by atoms with Crippen molar-refractivity contribution in [3.63, 3.8) is 0 Å². The van der Waals surface area contributed by atoms with Crippen molar-refractivity contribution >= 4 is 15.9 Å². The van der Waals surface area contributed by atoms with Gasteiger partial charge in [0.1, 0.15) is 6.61 Å². The van der Waals surface area contributed by atoms with Gasteiger partial charge < -0.3 is 14.8 Å². The number of rotatable bonds is 11. The number of benzene rings is 2. The standard InChI is InChI=1S/C22H30BrNO2/c1-4-6-9-12-24-15-18-13-20(23)22(21(14-18)25-5-2)26-16-19-11-8-7-10-17(19)3/h7-8,10-11,13-14,24H,4-6,9,12,15-16H2,1-3H3. The Morgan fingerprint density at radius 2 is 1.85 bits per heavy atom. The van der Waals surface area contributed by atoms with Gasteiger partial charge in [0.25, 0.3) is 0 Å². The van der Waals surface area contributed by atoms with Gasteiger partial charge in [0.2, 0.25) is 0 Å². The Bertz CT molecular complexity index is 688. The summed E-state index contributed by atoms with van der Waals surface area (Å²) in [6, 6.07) is 12.5. The Hall–Kier alpha value is -1.52. The molecule has 0 radical (unpaired) electrons. The quantitative estimate of drug-likeness (QED) is 0.451. The highest BCUT2D eigenvalue weighted by Gasteiger charge is 2.13. The summed E-state index contributed by atoms with van der Waals surface area (Å²) in [5.41, 5.74) is 3.61. The first-order valence-corrected chi connectivity index (χ1v) is 10.3. The number of halogens is 1. The van der Waals surface area contributed by atoms with Gasteiger partial charge >= 0.3 is 0 Å². The molecular weight excluding hydrogens is 390 g/mol. The smallest absolute Gasteiger partial charge is 0.175 e. The molecule has 4 heteroatoms. The summed E-state index contributed by atoms with van der Waals surface area (Å²) in [6.45, 7) is 9.34. The lowest BCUT2D eigenvalue weighted by Crippen LogP contribution is -2.15. The molecule has 0 aliphatic carbocycles. The summed E-state index contributed by atoms with van der Waals surface area (Å²) < 4.78 is 12.9. The number of unbranched alkanes of at least 4 members (excludes halogenated alkanes) is 2. The molecule has 26 heavy (non-hydrogen) atoms. The van der Waals surface area contributed by atoms with Gasteiger partial charge in [-0.2, -0.15) is 0 Å². The number of ether oxygens (including phenoxy) is 2. The van der Waals surface area contributed by atoms with Crippen molar-refractivity contribution in [1.82, 2.24) is 5.32 Å². The third kappa shape index (κ3) is 6.33. The maximum Gasteiger partial charge on any atom is 0.175 e. The van der Waals surface area contributed by atoms with Crippen molar-refractivity contribution in [2.45, 2.75) is 53.2 Å².